The minimum Gasteiger partial charge on any atom is -0.481 e. The van der Waals surface area contributed by atoms with E-state index in [1.165, 1.54) is 6.92 Å². The molecule has 9 fully saturated rings. The van der Waals surface area contributed by atoms with E-state index in [-0.39, 0.29) is 25.7 Å². The number of fused-ring (bicyclic) bond motifs is 7. The second-order valence-electron chi connectivity index (χ2n) is 28.4. The van der Waals surface area contributed by atoms with Crippen molar-refractivity contribution >= 4 is 17.9 Å². The summed E-state index contributed by atoms with van der Waals surface area (Å²) in [5, 5.41) is 177. The van der Waals surface area contributed by atoms with Gasteiger partial charge in [-0.15, -0.1) is 0 Å². The Bertz CT molecular complexity index is 2590. The summed E-state index contributed by atoms with van der Waals surface area (Å²) in [6.45, 7) is 8.12. The number of carboxylic acids is 1. The van der Waals surface area contributed by atoms with Crippen LogP contribution in [-0.4, -0.2) is 286 Å². The van der Waals surface area contributed by atoms with E-state index in [4.69, 9.17) is 52.1 Å². The van der Waals surface area contributed by atoms with Gasteiger partial charge in [-0.05, 0) is 97.7 Å². The second kappa shape index (κ2) is 25.1. The summed E-state index contributed by atoms with van der Waals surface area (Å²) in [6.07, 6.45) is -35.6. The molecule has 30 heteroatoms. The lowest BCUT2D eigenvalue weighted by molar-refractivity contribution is -0.372. The van der Waals surface area contributed by atoms with E-state index < -0.39 is 255 Å². The number of aliphatic hydroxyl groups excluding tert-OH is 14. The molecule has 10 aliphatic rings. The standard InChI is InChI=1S/C59H92O30/c1-23-40(85-46-39(73)41(29(66)19-79-46)86-50-44(74)57(78,20-61)22-81-50)38(72)43(83-24(2)63)49(82-23)87-42-34(68)28(65)18-80-48(42)89-52(77)58-13-12-53(3,4)14-26(58)25-8-9-31-54(5)15-27(64)45(88-47-37(71)36(70)35(69)30(17-60)84-47)59(21-62,51(75)76)32(54)10-11-55(31,6)56(25,7)16-33(58)67/h8,23,26-50,60-62,64-74,78H,9-22H2,1-7H3,(H,75,76)/t23-,26-,27-,28-,29+,30+,31+,32+,33+,34-,35+,36-,37+,38+,39+,40-,41-,42+,43+,44-,45-,46-,47-,48-,49-,50-,54+,55+,56+,57+,58+,59+/m1/s1. The van der Waals surface area contributed by atoms with Crippen molar-refractivity contribution in [2.45, 2.75) is 247 Å². The predicted octanol–water partition coefficient (Wildman–Crippen LogP) is -4.72. The number of carboxylic acid groups (broad SMARTS) is 1. The maximum absolute atomic E-state index is 15.6. The van der Waals surface area contributed by atoms with Crippen LogP contribution in [0, 0.1) is 50.2 Å². The van der Waals surface area contributed by atoms with Gasteiger partial charge in [0, 0.05) is 6.92 Å². The van der Waals surface area contributed by atoms with Gasteiger partial charge in [-0.1, -0.05) is 46.3 Å². The van der Waals surface area contributed by atoms with Crippen molar-refractivity contribution in [1.29, 1.82) is 0 Å². The molecular formula is C59H92O30. The van der Waals surface area contributed by atoms with E-state index >= 15 is 4.79 Å². The molecule has 0 spiro atoms. The van der Waals surface area contributed by atoms with Gasteiger partial charge >= 0.3 is 17.9 Å². The highest BCUT2D eigenvalue weighted by Crippen LogP contribution is 2.76. The summed E-state index contributed by atoms with van der Waals surface area (Å²) in [6, 6.07) is 0. The third kappa shape index (κ3) is 11.2. The first-order chi connectivity index (χ1) is 41.6. The number of hydrogen-bond donors (Lipinski definition) is 16. The van der Waals surface area contributed by atoms with Crippen LogP contribution in [0.4, 0.5) is 0 Å². The van der Waals surface area contributed by atoms with E-state index in [0.717, 1.165) is 12.5 Å². The van der Waals surface area contributed by atoms with E-state index in [0.29, 0.717) is 25.7 Å². The fourth-order valence-electron chi connectivity index (χ4n) is 17.7. The topological polar surface area (TPSA) is 476 Å². The van der Waals surface area contributed by atoms with Crippen molar-refractivity contribution in [3.8, 4) is 0 Å². The highest BCUT2D eigenvalue weighted by atomic mass is 16.8. The Morgan fingerprint density at radius 1 is 0.618 bits per heavy atom. The average Bonchev–Trinajstić information content (AvgIpc) is 1.54. The summed E-state index contributed by atoms with van der Waals surface area (Å²) in [5.74, 6) is -5.40. The minimum atomic E-state index is -2.22. The van der Waals surface area contributed by atoms with Gasteiger partial charge in [0.05, 0.1) is 58.0 Å². The molecule has 5 heterocycles. The van der Waals surface area contributed by atoms with Gasteiger partial charge in [-0.2, -0.15) is 0 Å². The number of rotatable bonds is 15. The van der Waals surface area contributed by atoms with E-state index in [1.54, 1.807) is 0 Å². The molecule has 0 aromatic heterocycles. The Morgan fingerprint density at radius 3 is 1.92 bits per heavy atom. The molecule has 5 aliphatic heterocycles. The van der Waals surface area contributed by atoms with Crippen LogP contribution in [-0.2, 0) is 66.5 Å². The van der Waals surface area contributed by atoms with Crippen LogP contribution in [0.5, 0.6) is 0 Å². The monoisotopic (exact) mass is 1280 g/mol. The molecule has 0 aromatic rings. The Kier molecular flexibility index (Phi) is 19.4. The molecule has 5 aliphatic carbocycles. The normalized spacial score (nSPS) is 53.0. The number of allylic oxidation sites excluding steroid dienone is 2. The zero-order valence-corrected chi connectivity index (χ0v) is 50.9. The fourth-order valence-corrected chi connectivity index (χ4v) is 17.7. The van der Waals surface area contributed by atoms with Crippen LogP contribution in [0.25, 0.3) is 0 Å². The number of ether oxygens (including phenoxy) is 11. The maximum atomic E-state index is 15.6. The largest absolute Gasteiger partial charge is 0.481 e. The Hall–Kier alpha value is -2.81. The van der Waals surface area contributed by atoms with E-state index in [1.807, 2.05) is 33.8 Å². The minimum absolute atomic E-state index is 0.00984. The Morgan fingerprint density at radius 2 is 1.28 bits per heavy atom. The quantitative estimate of drug-likeness (QED) is 0.0416. The van der Waals surface area contributed by atoms with Crippen LogP contribution in [0.2, 0.25) is 0 Å². The van der Waals surface area contributed by atoms with Crippen LogP contribution in [0.15, 0.2) is 11.6 Å². The van der Waals surface area contributed by atoms with Crippen molar-refractivity contribution in [2.24, 2.45) is 50.2 Å². The molecule has 0 bridgehead atoms. The summed E-state index contributed by atoms with van der Waals surface area (Å²) >= 11 is 0. The molecule has 0 radical (unpaired) electrons. The predicted molar refractivity (Wildman–Crippen MR) is 292 cm³/mol. The first-order valence-corrected chi connectivity index (χ1v) is 30.8. The van der Waals surface area contributed by atoms with Gasteiger partial charge in [0.2, 0.25) is 6.29 Å². The van der Waals surface area contributed by atoms with Crippen molar-refractivity contribution in [3.05, 3.63) is 11.6 Å². The maximum Gasteiger partial charge on any atom is 0.317 e. The van der Waals surface area contributed by atoms with Crippen LogP contribution in [0.3, 0.4) is 0 Å². The molecule has 508 valence electrons. The van der Waals surface area contributed by atoms with Gasteiger partial charge in [0.1, 0.15) is 95.8 Å². The van der Waals surface area contributed by atoms with Crippen molar-refractivity contribution < 1.29 is 148 Å². The van der Waals surface area contributed by atoms with Crippen LogP contribution in [0.1, 0.15) is 99.8 Å². The summed E-state index contributed by atoms with van der Waals surface area (Å²) < 4.78 is 64.4. The van der Waals surface area contributed by atoms with Crippen molar-refractivity contribution in [3.63, 3.8) is 0 Å². The van der Waals surface area contributed by atoms with Gasteiger partial charge in [0.25, 0.3) is 0 Å². The molecule has 10 rings (SSSR count). The van der Waals surface area contributed by atoms with Crippen molar-refractivity contribution in [1.82, 2.24) is 0 Å². The lowest BCUT2D eigenvalue weighted by Gasteiger charge is -2.72. The summed E-state index contributed by atoms with van der Waals surface area (Å²) in [5.41, 5.74) is -8.30. The molecular weight excluding hydrogens is 1190 g/mol. The molecule has 32 atom stereocenters. The molecule has 16 N–H and O–H groups in total. The highest BCUT2D eigenvalue weighted by Gasteiger charge is 2.75. The number of carbonyl (C=O) groups excluding carboxylic acids is 2. The van der Waals surface area contributed by atoms with Gasteiger partial charge in [0.15, 0.2) is 37.4 Å². The molecule has 89 heavy (non-hydrogen) atoms. The fraction of sp³-hybridized carbons (Fsp3) is 0.915. The Labute approximate surface area is 513 Å². The summed E-state index contributed by atoms with van der Waals surface area (Å²) in [4.78, 5) is 42.1. The number of esters is 2. The number of aliphatic hydroxyl groups is 15. The smallest absolute Gasteiger partial charge is 0.317 e. The summed E-state index contributed by atoms with van der Waals surface area (Å²) in [7, 11) is 0. The lowest BCUT2D eigenvalue weighted by Crippen LogP contribution is -2.72. The zero-order valence-electron chi connectivity index (χ0n) is 50.9. The van der Waals surface area contributed by atoms with E-state index in [9.17, 15) is 91.3 Å². The van der Waals surface area contributed by atoms with Crippen LogP contribution < -0.4 is 0 Å². The average molecular weight is 1280 g/mol. The first-order valence-electron chi connectivity index (χ1n) is 30.8. The first kappa shape index (κ1) is 69.0. The SMILES string of the molecule is CC(=O)O[C@@H]1[C@@H](O[C@@H]2[C@@H](OC(=O)[C@@]34CCC(C)(C)C[C@@H]3C3=CC[C@H]5[C@]6(C)C[C@@H](O)[C@@H](O[C@H]7O[C@@H](CO)[C@H](O)[C@@H](O)[C@@H]7O)[C@@](CO)(C(=O)O)[C@H]6CC[C@]5(C)[C@@]3(C)C[C@@H]4O)OC[C@@H](O)[C@H]2O)O[C@H](C)[C@@H](O[C@H]2OC[C@H](O)[C@@H](O[C@H]3OC[C@@](O)(CO)[C@@H]3O)[C@@H]2O)[C@@H]1O. The molecule has 5 saturated heterocycles. The molecule has 4 saturated carbocycles. The number of hydrogen-bond acceptors (Lipinski definition) is 29. The van der Waals surface area contributed by atoms with Gasteiger partial charge in [-0.3, -0.25) is 14.4 Å². The van der Waals surface area contributed by atoms with Gasteiger partial charge < -0.3 is 134 Å². The lowest BCUT2D eigenvalue weighted by atomic mass is 9.33. The van der Waals surface area contributed by atoms with Crippen LogP contribution >= 0.6 is 0 Å². The van der Waals surface area contributed by atoms with E-state index in [2.05, 4.69) is 6.92 Å². The molecule has 0 unspecified atom stereocenters. The zero-order chi connectivity index (χ0) is 65.2. The Balaban J connectivity index is 0.893. The second-order valence-corrected chi connectivity index (χ2v) is 28.4. The third-order valence-electron chi connectivity index (χ3n) is 22.8. The van der Waals surface area contributed by atoms with Gasteiger partial charge in [-0.25, -0.2) is 0 Å². The number of carbonyl (C=O) groups is 3. The van der Waals surface area contributed by atoms with Crippen molar-refractivity contribution in [2.75, 3.05) is 39.6 Å². The number of aliphatic carboxylic acids is 1. The molecule has 30 nitrogen and oxygen atoms in total. The molecule has 0 amide bonds. The molecule has 0 aromatic carbocycles. The highest BCUT2D eigenvalue weighted by molar-refractivity contribution is 5.80. The third-order valence-corrected chi connectivity index (χ3v) is 22.8.